The first kappa shape index (κ1) is 21.2. The number of halogens is 1. The van der Waals surface area contributed by atoms with Crippen LogP contribution in [0.2, 0.25) is 0 Å². The van der Waals surface area contributed by atoms with E-state index in [1.807, 2.05) is 30.3 Å². The Morgan fingerprint density at radius 3 is 2.37 bits per heavy atom. The number of benzene rings is 3. The number of anilines is 1. The summed E-state index contributed by atoms with van der Waals surface area (Å²) >= 11 is 0. The molecule has 0 fully saturated rings. The van der Waals surface area contributed by atoms with Crippen LogP contribution in [0.25, 0.3) is 0 Å². The molecule has 0 bridgehead atoms. The molecule has 0 heterocycles. The number of amides is 2. The van der Waals surface area contributed by atoms with Gasteiger partial charge in [-0.05, 0) is 48.0 Å². The van der Waals surface area contributed by atoms with E-state index in [-0.39, 0.29) is 11.8 Å². The van der Waals surface area contributed by atoms with Gasteiger partial charge in [0.2, 0.25) is 0 Å². The molecule has 154 valence electrons. The monoisotopic (exact) mass is 406 g/mol. The number of carbonyl (C=O) groups excluding carboxylic acids is 2. The highest BCUT2D eigenvalue weighted by Gasteiger charge is 2.17. The van der Waals surface area contributed by atoms with Crippen LogP contribution < -0.4 is 5.32 Å². The largest absolute Gasteiger partial charge is 0.383 e. The van der Waals surface area contributed by atoms with Gasteiger partial charge >= 0.3 is 0 Å². The molecule has 5 nitrogen and oxygen atoms in total. The Labute approximate surface area is 175 Å². The van der Waals surface area contributed by atoms with Crippen molar-refractivity contribution in [3.05, 3.63) is 101 Å². The molecule has 0 aliphatic heterocycles. The SMILES string of the molecule is COCCN(Cc1ccccc1)C(=O)c1cccc(NC(=O)c2ccc(F)cc2)c1. The quantitative estimate of drug-likeness (QED) is 0.604. The van der Waals surface area contributed by atoms with Crippen LogP contribution in [0.3, 0.4) is 0 Å². The number of carbonyl (C=O) groups is 2. The second-order valence-corrected chi connectivity index (χ2v) is 6.75. The number of ether oxygens (including phenoxy) is 1. The Morgan fingerprint density at radius 2 is 1.67 bits per heavy atom. The summed E-state index contributed by atoms with van der Waals surface area (Å²) in [6.07, 6.45) is 0. The van der Waals surface area contributed by atoms with Crippen LogP contribution in [0.15, 0.2) is 78.9 Å². The molecule has 0 saturated carbocycles. The van der Waals surface area contributed by atoms with Gasteiger partial charge in [0.15, 0.2) is 0 Å². The van der Waals surface area contributed by atoms with Gasteiger partial charge in [-0.3, -0.25) is 9.59 Å². The van der Waals surface area contributed by atoms with Crippen LogP contribution in [-0.2, 0) is 11.3 Å². The number of rotatable bonds is 8. The minimum Gasteiger partial charge on any atom is -0.383 e. The van der Waals surface area contributed by atoms with Crippen LogP contribution in [-0.4, -0.2) is 37.0 Å². The van der Waals surface area contributed by atoms with E-state index in [1.165, 1.54) is 24.3 Å². The number of nitrogens with zero attached hydrogens (tertiary/aromatic N) is 1. The molecule has 0 aromatic heterocycles. The van der Waals surface area contributed by atoms with Crippen LogP contribution in [0.1, 0.15) is 26.3 Å². The molecule has 2 amide bonds. The maximum absolute atomic E-state index is 13.1. The fourth-order valence-corrected chi connectivity index (χ4v) is 2.97. The van der Waals surface area contributed by atoms with E-state index >= 15 is 0 Å². The van der Waals surface area contributed by atoms with Crippen LogP contribution in [0.5, 0.6) is 0 Å². The van der Waals surface area contributed by atoms with E-state index in [2.05, 4.69) is 5.32 Å². The molecule has 0 saturated heterocycles. The lowest BCUT2D eigenvalue weighted by Crippen LogP contribution is -2.33. The van der Waals surface area contributed by atoms with Gasteiger partial charge in [0.25, 0.3) is 11.8 Å². The van der Waals surface area contributed by atoms with Gasteiger partial charge in [0, 0.05) is 37.0 Å². The Bertz CT molecular complexity index is 991. The van der Waals surface area contributed by atoms with Gasteiger partial charge in [-0.1, -0.05) is 36.4 Å². The molecule has 0 atom stereocenters. The first-order valence-electron chi connectivity index (χ1n) is 9.56. The minimum atomic E-state index is -0.409. The molecule has 30 heavy (non-hydrogen) atoms. The highest BCUT2D eigenvalue weighted by molar-refractivity contribution is 6.05. The van der Waals surface area contributed by atoms with Crippen molar-refractivity contribution in [3.63, 3.8) is 0 Å². The summed E-state index contributed by atoms with van der Waals surface area (Å²) in [5.41, 5.74) is 2.29. The van der Waals surface area contributed by atoms with Gasteiger partial charge < -0.3 is 15.0 Å². The zero-order valence-corrected chi connectivity index (χ0v) is 16.7. The maximum atomic E-state index is 13.1. The van der Waals surface area contributed by atoms with Gasteiger partial charge in [0.05, 0.1) is 6.61 Å². The smallest absolute Gasteiger partial charge is 0.255 e. The zero-order valence-electron chi connectivity index (χ0n) is 16.7. The summed E-state index contributed by atoms with van der Waals surface area (Å²) in [6, 6.07) is 21.8. The Kier molecular flexibility index (Phi) is 7.29. The molecule has 0 spiro atoms. The first-order chi connectivity index (χ1) is 14.6. The standard InChI is InChI=1S/C24H23FN2O3/c1-30-15-14-27(17-18-6-3-2-4-7-18)24(29)20-8-5-9-22(16-20)26-23(28)19-10-12-21(25)13-11-19/h2-13,16H,14-15,17H2,1H3,(H,26,28). The fraction of sp³-hybridized carbons (Fsp3) is 0.167. The van der Waals surface area contributed by atoms with E-state index in [4.69, 9.17) is 4.74 Å². The number of hydrogen-bond donors (Lipinski definition) is 1. The predicted octanol–water partition coefficient (Wildman–Crippen LogP) is 4.37. The lowest BCUT2D eigenvalue weighted by atomic mass is 10.1. The second-order valence-electron chi connectivity index (χ2n) is 6.75. The summed E-state index contributed by atoms with van der Waals surface area (Å²) in [7, 11) is 1.59. The van der Waals surface area contributed by atoms with Crippen LogP contribution in [0.4, 0.5) is 10.1 Å². The molecule has 1 N–H and O–H groups in total. The van der Waals surface area contributed by atoms with Crippen LogP contribution >= 0.6 is 0 Å². The molecular weight excluding hydrogens is 383 g/mol. The lowest BCUT2D eigenvalue weighted by Gasteiger charge is -2.23. The number of methoxy groups -OCH3 is 1. The van der Waals surface area contributed by atoms with Crippen molar-refractivity contribution in [2.75, 3.05) is 25.6 Å². The van der Waals surface area contributed by atoms with E-state index in [0.29, 0.717) is 36.5 Å². The predicted molar refractivity (Wildman–Crippen MR) is 114 cm³/mol. The molecule has 0 radical (unpaired) electrons. The van der Waals surface area contributed by atoms with E-state index < -0.39 is 5.82 Å². The minimum absolute atomic E-state index is 0.159. The molecule has 3 aromatic rings. The van der Waals surface area contributed by atoms with Crippen molar-refractivity contribution in [2.45, 2.75) is 6.54 Å². The van der Waals surface area contributed by atoms with Gasteiger partial charge in [-0.2, -0.15) is 0 Å². The van der Waals surface area contributed by atoms with E-state index in [1.54, 1.807) is 36.3 Å². The van der Waals surface area contributed by atoms with Crippen molar-refractivity contribution in [1.82, 2.24) is 4.90 Å². The summed E-state index contributed by atoms with van der Waals surface area (Å²) in [4.78, 5) is 27.2. The average molecular weight is 406 g/mol. The summed E-state index contributed by atoms with van der Waals surface area (Å²) < 4.78 is 18.2. The van der Waals surface area contributed by atoms with Crippen molar-refractivity contribution >= 4 is 17.5 Å². The molecule has 3 aromatic carbocycles. The molecule has 0 aliphatic rings. The molecular formula is C24H23FN2O3. The molecule has 6 heteroatoms. The van der Waals surface area contributed by atoms with Gasteiger partial charge in [-0.15, -0.1) is 0 Å². The summed E-state index contributed by atoms with van der Waals surface area (Å²) in [6.45, 7) is 1.31. The topological polar surface area (TPSA) is 58.6 Å². The first-order valence-corrected chi connectivity index (χ1v) is 9.56. The average Bonchev–Trinajstić information content (AvgIpc) is 2.77. The normalized spacial score (nSPS) is 10.5. The third-order valence-corrected chi connectivity index (χ3v) is 4.54. The highest BCUT2D eigenvalue weighted by Crippen LogP contribution is 2.16. The molecule has 0 unspecified atom stereocenters. The third-order valence-electron chi connectivity index (χ3n) is 4.54. The van der Waals surface area contributed by atoms with Crippen molar-refractivity contribution in [1.29, 1.82) is 0 Å². The van der Waals surface area contributed by atoms with Crippen molar-refractivity contribution in [3.8, 4) is 0 Å². The van der Waals surface area contributed by atoms with Crippen LogP contribution in [0, 0.1) is 5.82 Å². The molecule has 3 rings (SSSR count). The molecule has 0 aliphatic carbocycles. The fourth-order valence-electron chi connectivity index (χ4n) is 2.97. The van der Waals surface area contributed by atoms with E-state index in [0.717, 1.165) is 5.56 Å². The number of nitrogens with one attached hydrogen (secondary N) is 1. The van der Waals surface area contributed by atoms with Gasteiger partial charge in [-0.25, -0.2) is 4.39 Å². The van der Waals surface area contributed by atoms with E-state index in [9.17, 15) is 14.0 Å². The van der Waals surface area contributed by atoms with Crippen molar-refractivity contribution < 1.29 is 18.7 Å². The summed E-state index contributed by atoms with van der Waals surface area (Å²) in [5, 5.41) is 2.75. The second kappa shape index (κ2) is 10.3. The Hall–Kier alpha value is -3.51. The number of hydrogen-bond acceptors (Lipinski definition) is 3. The lowest BCUT2D eigenvalue weighted by molar-refractivity contribution is 0.0680. The third kappa shape index (κ3) is 5.75. The maximum Gasteiger partial charge on any atom is 0.255 e. The Balaban J connectivity index is 1.75. The Morgan fingerprint density at radius 1 is 0.933 bits per heavy atom. The van der Waals surface area contributed by atoms with Crippen molar-refractivity contribution in [2.24, 2.45) is 0 Å². The highest BCUT2D eigenvalue weighted by atomic mass is 19.1. The van der Waals surface area contributed by atoms with Gasteiger partial charge in [0.1, 0.15) is 5.82 Å². The zero-order chi connectivity index (χ0) is 21.3. The summed E-state index contributed by atoms with van der Waals surface area (Å²) in [5.74, 6) is -0.942.